The number of nitrogens with one attached hydrogen (secondary N) is 1. The Morgan fingerprint density at radius 3 is 1.94 bits per heavy atom. The summed E-state index contributed by atoms with van der Waals surface area (Å²) in [6, 6.07) is 5.09. The fraction of sp³-hybridized carbons (Fsp3) is 0.667. The fourth-order valence-electron chi connectivity index (χ4n) is 2.45. The average Bonchev–Trinajstić information content (AvgIpc) is 2.82. The molecule has 1 aromatic carbocycles. The molecule has 12 heteroatoms. The van der Waals surface area contributed by atoms with Gasteiger partial charge in [0.2, 0.25) is 0 Å². The van der Waals surface area contributed by atoms with Crippen molar-refractivity contribution in [2.24, 2.45) is 16.6 Å². The minimum Gasteiger partial charge on any atom is -0.493 e. The number of carbonyl (C=O) groups excluding carboxylic acids is 1. The zero-order chi connectivity index (χ0) is 24.0. The van der Waals surface area contributed by atoms with Gasteiger partial charge in [-0.15, -0.1) is 0 Å². The van der Waals surface area contributed by atoms with Crippen LogP contribution in [0.2, 0.25) is 0 Å². The molecule has 186 valence electrons. The van der Waals surface area contributed by atoms with E-state index < -0.39 is 0 Å². The summed E-state index contributed by atoms with van der Waals surface area (Å²) >= 11 is 0. The number of rotatable bonds is 21. The molecule has 0 fully saturated rings. The summed E-state index contributed by atoms with van der Waals surface area (Å²) in [5, 5.41) is 6.18. The highest BCUT2D eigenvalue weighted by Gasteiger charge is 2.10. The zero-order valence-corrected chi connectivity index (χ0v) is 19.1. The third-order valence-corrected chi connectivity index (χ3v) is 4.05. The van der Waals surface area contributed by atoms with E-state index in [1.807, 2.05) is 0 Å². The first-order chi connectivity index (χ1) is 16.2. The van der Waals surface area contributed by atoms with Gasteiger partial charge in [-0.3, -0.25) is 4.79 Å². The first kappa shape index (κ1) is 28.4. The van der Waals surface area contributed by atoms with Crippen molar-refractivity contribution >= 4 is 5.91 Å². The summed E-state index contributed by atoms with van der Waals surface area (Å²) in [7, 11) is 0. The van der Waals surface area contributed by atoms with E-state index in [9.17, 15) is 4.79 Å². The molecule has 0 heterocycles. The third-order valence-electron chi connectivity index (χ3n) is 4.05. The Labute approximate surface area is 194 Å². The van der Waals surface area contributed by atoms with Crippen LogP contribution in [0.4, 0.5) is 0 Å². The quantitative estimate of drug-likeness (QED) is 0.104. The molecule has 0 bridgehead atoms. The first-order valence-corrected chi connectivity index (χ1v) is 11.0. The Morgan fingerprint density at radius 1 is 0.848 bits per heavy atom. The lowest BCUT2D eigenvalue weighted by molar-refractivity contribution is 0.0166. The van der Waals surface area contributed by atoms with Crippen LogP contribution in [0.25, 0.3) is 10.4 Å². The second kappa shape index (κ2) is 20.0. The van der Waals surface area contributed by atoms with Gasteiger partial charge in [0, 0.05) is 29.6 Å². The van der Waals surface area contributed by atoms with Gasteiger partial charge in [-0.2, -0.15) is 0 Å². The predicted molar refractivity (Wildman–Crippen MR) is 124 cm³/mol. The number of nitrogens with zero attached hydrogens (tertiary/aromatic N) is 3. The Hall–Kier alpha value is -2.60. The Morgan fingerprint density at radius 2 is 1.39 bits per heavy atom. The van der Waals surface area contributed by atoms with E-state index in [-0.39, 0.29) is 5.91 Å². The normalized spacial score (nSPS) is 10.5. The molecule has 1 rings (SSSR count). The standard InChI is InChI=1S/C21H36N6O6/c22-3-1-7-32-19-15-18(16-20(17-19)33-8-2-4-23)21(28)25-5-9-29-11-13-31-14-12-30-10-6-26-27-24/h15-17H,1-14,22-23H2,(H,25,28). The van der Waals surface area contributed by atoms with Gasteiger partial charge in [0.15, 0.2) is 0 Å². The van der Waals surface area contributed by atoms with E-state index in [4.69, 9.17) is 40.7 Å². The first-order valence-electron chi connectivity index (χ1n) is 11.0. The lowest BCUT2D eigenvalue weighted by atomic mass is 10.2. The molecule has 0 aliphatic carbocycles. The van der Waals surface area contributed by atoms with Crippen molar-refractivity contribution in [3.63, 3.8) is 0 Å². The zero-order valence-electron chi connectivity index (χ0n) is 19.1. The largest absolute Gasteiger partial charge is 0.493 e. The maximum Gasteiger partial charge on any atom is 0.251 e. The van der Waals surface area contributed by atoms with Crippen LogP contribution in [-0.4, -0.2) is 84.9 Å². The van der Waals surface area contributed by atoms with Gasteiger partial charge < -0.3 is 40.5 Å². The molecule has 0 unspecified atom stereocenters. The lowest BCUT2D eigenvalue weighted by Gasteiger charge is -2.12. The molecule has 0 aliphatic heterocycles. The van der Waals surface area contributed by atoms with Gasteiger partial charge >= 0.3 is 0 Å². The lowest BCUT2D eigenvalue weighted by Crippen LogP contribution is -2.27. The van der Waals surface area contributed by atoms with Gasteiger partial charge in [0.1, 0.15) is 11.5 Å². The molecule has 0 spiro atoms. The van der Waals surface area contributed by atoms with Crippen molar-refractivity contribution in [1.82, 2.24) is 5.32 Å². The molecule has 0 atom stereocenters. The summed E-state index contributed by atoms with van der Waals surface area (Å²) in [6.07, 6.45) is 1.43. The highest BCUT2D eigenvalue weighted by Crippen LogP contribution is 2.23. The predicted octanol–water partition coefficient (Wildman–Crippen LogP) is 1.23. The molecule has 0 saturated heterocycles. The monoisotopic (exact) mass is 468 g/mol. The molecule has 12 nitrogen and oxygen atoms in total. The van der Waals surface area contributed by atoms with E-state index in [2.05, 4.69) is 15.3 Å². The summed E-state index contributed by atoms with van der Waals surface area (Å²) in [6.45, 7) is 5.01. The highest BCUT2D eigenvalue weighted by atomic mass is 16.5. The molecule has 0 radical (unpaired) electrons. The second-order valence-electron chi connectivity index (χ2n) is 6.72. The molecular weight excluding hydrogens is 432 g/mol. The van der Waals surface area contributed by atoms with Crippen LogP contribution >= 0.6 is 0 Å². The van der Waals surface area contributed by atoms with E-state index in [1.165, 1.54) is 0 Å². The summed E-state index contributed by atoms with van der Waals surface area (Å²) in [5.74, 6) is 0.851. The SMILES string of the molecule is [N-]=[N+]=NCCOCCOCCOCCNC(=O)c1cc(OCCCN)cc(OCCCN)c1. The Balaban J connectivity index is 2.28. The highest BCUT2D eigenvalue weighted by molar-refractivity contribution is 5.95. The van der Waals surface area contributed by atoms with Crippen LogP contribution in [0.3, 0.4) is 0 Å². The number of hydrogen-bond donors (Lipinski definition) is 3. The van der Waals surface area contributed by atoms with Crippen LogP contribution in [-0.2, 0) is 14.2 Å². The van der Waals surface area contributed by atoms with Crippen molar-refractivity contribution in [2.45, 2.75) is 12.8 Å². The number of ether oxygens (including phenoxy) is 5. The summed E-state index contributed by atoms with van der Waals surface area (Å²) in [5.41, 5.74) is 19.6. The molecule has 0 aromatic heterocycles. The van der Waals surface area contributed by atoms with Crippen molar-refractivity contribution in [2.75, 3.05) is 79.0 Å². The van der Waals surface area contributed by atoms with Crippen molar-refractivity contribution in [3.05, 3.63) is 34.2 Å². The van der Waals surface area contributed by atoms with E-state index in [0.717, 1.165) is 0 Å². The third kappa shape index (κ3) is 15.0. The van der Waals surface area contributed by atoms with Crippen LogP contribution in [0, 0.1) is 0 Å². The summed E-state index contributed by atoms with van der Waals surface area (Å²) in [4.78, 5) is 15.2. The molecule has 5 N–H and O–H groups in total. The molecule has 0 saturated carbocycles. The number of benzene rings is 1. The molecular formula is C21H36N6O6. The van der Waals surface area contributed by atoms with Gasteiger partial charge in [0.25, 0.3) is 5.91 Å². The minimum atomic E-state index is -0.249. The molecule has 1 aromatic rings. The smallest absolute Gasteiger partial charge is 0.251 e. The van der Waals surface area contributed by atoms with Crippen LogP contribution in [0.5, 0.6) is 11.5 Å². The maximum absolute atomic E-state index is 12.5. The summed E-state index contributed by atoms with van der Waals surface area (Å²) < 4.78 is 27.4. The van der Waals surface area contributed by atoms with Gasteiger partial charge in [-0.05, 0) is 43.6 Å². The van der Waals surface area contributed by atoms with Crippen molar-refractivity contribution in [1.29, 1.82) is 0 Å². The maximum atomic E-state index is 12.5. The van der Waals surface area contributed by atoms with Gasteiger partial charge in [-0.1, -0.05) is 5.11 Å². The second-order valence-corrected chi connectivity index (χ2v) is 6.72. The van der Waals surface area contributed by atoms with Crippen LogP contribution in [0.15, 0.2) is 23.3 Å². The average molecular weight is 469 g/mol. The van der Waals surface area contributed by atoms with E-state index in [1.54, 1.807) is 18.2 Å². The van der Waals surface area contributed by atoms with Gasteiger partial charge in [-0.25, -0.2) is 0 Å². The Bertz CT molecular complexity index is 674. The van der Waals surface area contributed by atoms with Crippen molar-refractivity contribution in [3.8, 4) is 11.5 Å². The van der Waals surface area contributed by atoms with Crippen LogP contribution < -0.4 is 26.3 Å². The van der Waals surface area contributed by atoms with Crippen molar-refractivity contribution < 1.29 is 28.5 Å². The minimum absolute atomic E-state index is 0.249. The van der Waals surface area contributed by atoms with Gasteiger partial charge in [0.05, 0.1) is 52.9 Å². The number of carbonyl (C=O) groups is 1. The number of hydrogen-bond acceptors (Lipinski definition) is 9. The Kier molecular flexibility index (Phi) is 17.3. The molecule has 0 aliphatic rings. The molecule has 33 heavy (non-hydrogen) atoms. The topological polar surface area (TPSA) is 176 Å². The fourth-order valence-corrected chi connectivity index (χ4v) is 2.45. The van der Waals surface area contributed by atoms with Crippen LogP contribution in [0.1, 0.15) is 23.2 Å². The molecule has 1 amide bonds. The number of azide groups is 1. The van der Waals surface area contributed by atoms with E-state index >= 15 is 0 Å². The van der Waals surface area contributed by atoms with E-state index in [0.29, 0.717) is 109 Å². The number of amides is 1. The number of nitrogens with two attached hydrogens (primary N) is 2.